The number of unbranched alkanes of at least 4 members (excludes halogenated alkanes) is 7. The summed E-state index contributed by atoms with van der Waals surface area (Å²) in [5.41, 5.74) is 0. The van der Waals surface area contributed by atoms with E-state index in [0.717, 1.165) is 13.0 Å². The zero-order chi connectivity index (χ0) is 13.0. The zero-order valence-electron chi connectivity index (χ0n) is 15.0. The monoisotopic (exact) mass is 313 g/mol. The Morgan fingerprint density at radius 3 is 1.84 bits per heavy atom. The fourth-order valence-corrected chi connectivity index (χ4v) is 2.11. The normalized spacial score (nSPS) is 10.6. The van der Waals surface area contributed by atoms with E-state index in [1.54, 1.807) is 0 Å². The molecule has 0 unspecified atom stereocenters. The van der Waals surface area contributed by atoms with Gasteiger partial charge in [0.05, 0.1) is 5.75 Å². The summed E-state index contributed by atoms with van der Waals surface area (Å²) in [5.74, 6) is -0.190. The summed E-state index contributed by atoms with van der Waals surface area (Å²) in [7, 11) is -3.80. The molecule has 0 aromatic heterocycles. The molecule has 0 radical (unpaired) electrons. The van der Waals surface area contributed by atoms with Crippen LogP contribution in [-0.4, -0.2) is 31.8 Å². The second-order valence-electron chi connectivity index (χ2n) is 4.51. The Morgan fingerprint density at radius 2 is 1.37 bits per heavy atom. The van der Waals surface area contributed by atoms with Crippen LogP contribution in [-0.2, 0) is 10.1 Å². The molecule has 0 aliphatic carbocycles. The van der Waals surface area contributed by atoms with Gasteiger partial charge in [-0.15, -0.1) is 0 Å². The van der Waals surface area contributed by atoms with E-state index in [4.69, 9.17) is 4.55 Å². The molecule has 0 heterocycles. The predicted octanol–water partition coefficient (Wildman–Crippen LogP) is -3.16. The third-order valence-corrected chi connectivity index (χ3v) is 3.46. The van der Waals surface area contributed by atoms with Crippen LogP contribution >= 0.6 is 0 Å². The van der Waals surface area contributed by atoms with Gasteiger partial charge in [-0.3, -0.25) is 4.55 Å². The summed E-state index contributed by atoms with van der Waals surface area (Å²) in [6, 6.07) is 0. The van der Waals surface area contributed by atoms with E-state index in [1.165, 1.54) is 44.9 Å². The summed E-state index contributed by atoms with van der Waals surface area (Å²) in [6.45, 7) is 3.40. The number of rotatable bonds is 12. The first-order valence-corrected chi connectivity index (χ1v) is 8.33. The summed E-state index contributed by atoms with van der Waals surface area (Å²) in [4.78, 5) is 0. The van der Waals surface area contributed by atoms with Crippen LogP contribution in [0.15, 0.2) is 0 Å². The Kier molecular flexibility index (Phi) is 24.3. The molecule has 0 aliphatic heterocycles. The van der Waals surface area contributed by atoms with Gasteiger partial charge in [0.2, 0.25) is 0 Å². The number of hydrogen-bond acceptors (Lipinski definition) is 3. The van der Waals surface area contributed by atoms with Gasteiger partial charge >= 0.3 is 59.1 Å². The third kappa shape index (κ3) is 25.2. The third-order valence-electron chi connectivity index (χ3n) is 2.74. The van der Waals surface area contributed by atoms with Crippen molar-refractivity contribution < 1.29 is 74.9 Å². The molecule has 0 aliphatic rings. The molecular formula is C12H29NNa2O3S. The zero-order valence-corrected chi connectivity index (χ0v) is 17.8. The summed E-state index contributed by atoms with van der Waals surface area (Å²) in [5, 5.41) is 3.01. The molecule has 0 aromatic rings. The van der Waals surface area contributed by atoms with Crippen molar-refractivity contribution in [3.63, 3.8) is 0 Å². The summed E-state index contributed by atoms with van der Waals surface area (Å²) >= 11 is 0. The van der Waals surface area contributed by atoms with E-state index in [-0.39, 0.29) is 67.7 Å². The van der Waals surface area contributed by atoms with Crippen molar-refractivity contribution in [3.8, 4) is 0 Å². The predicted molar refractivity (Wildman–Crippen MR) is 74.1 cm³/mol. The maximum absolute atomic E-state index is 10.4. The van der Waals surface area contributed by atoms with Crippen LogP contribution in [0.25, 0.3) is 0 Å². The average Bonchev–Trinajstić information content (AvgIpc) is 2.24. The van der Waals surface area contributed by atoms with Gasteiger partial charge in [-0.05, 0) is 13.0 Å². The molecule has 0 bridgehead atoms. The molecule has 4 nitrogen and oxygen atoms in total. The van der Waals surface area contributed by atoms with Crippen molar-refractivity contribution in [2.75, 3.05) is 18.8 Å². The Hall–Kier alpha value is 1.87. The molecule has 2 N–H and O–H groups in total. The van der Waals surface area contributed by atoms with E-state index in [1.807, 2.05) is 0 Å². The smallest absolute Gasteiger partial charge is 1.00 e. The van der Waals surface area contributed by atoms with Crippen molar-refractivity contribution in [1.82, 2.24) is 5.32 Å². The van der Waals surface area contributed by atoms with Crippen LogP contribution in [0.3, 0.4) is 0 Å². The Bertz CT molecular complexity index is 271. The van der Waals surface area contributed by atoms with Crippen molar-refractivity contribution in [2.45, 2.75) is 58.3 Å². The minimum Gasteiger partial charge on any atom is -1.00 e. The molecule has 19 heavy (non-hydrogen) atoms. The molecule has 0 spiro atoms. The van der Waals surface area contributed by atoms with Crippen LogP contribution in [0.1, 0.15) is 61.1 Å². The van der Waals surface area contributed by atoms with Crippen LogP contribution < -0.4 is 64.4 Å². The second-order valence-corrected chi connectivity index (χ2v) is 6.08. The summed E-state index contributed by atoms with van der Waals surface area (Å²) < 4.78 is 29.3. The van der Waals surface area contributed by atoms with Crippen LogP contribution in [0.5, 0.6) is 0 Å². The Balaban J connectivity index is -0.000000213. The SMILES string of the molecule is CCCCCCCCCCNCCS(=O)(=O)O.[H-].[H-].[Na+].[Na+]. The van der Waals surface area contributed by atoms with Gasteiger partial charge < -0.3 is 8.17 Å². The fourth-order valence-electron chi connectivity index (χ4n) is 1.71. The maximum Gasteiger partial charge on any atom is 1.00 e. The molecule has 0 saturated heterocycles. The first kappa shape index (κ1) is 25.8. The van der Waals surface area contributed by atoms with E-state index in [0.29, 0.717) is 6.54 Å². The quantitative estimate of drug-likeness (QED) is 0.227. The fraction of sp³-hybridized carbons (Fsp3) is 1.00. The van der Waals surface area contributed by atoms with Crippen molar-refractivity contribution >= 4 is 10.1 Å². The van der Waals surface area contributed by atoms with Gasteiger partial charge in [0.1, 0.15) is 0 Å². The molecule has 0 atom stereocenters. The Morgan fingerprint density at radius 1 is 0.895 bits per heavy atom. The first-order chi connectivity index (χ1) is 8.06. The van der Waals surface area contributed by atoms with E-state index in [2.05, 4.69) is 12.2 Å². The van der Waals surface area contributed by atoms with Crippen molar-refractivity contribution in [3.05, 3.63) is 0 Å². The minimum absolute atomic E-state index is 0. The topological polar surface area (TPSA) is 66.4 Å². The first-order valence-electron chi connectivity index (χ1n) is 6.72. The van der Waals surface area contributed by atoms with Crippen LogP contribution in [0, 0.1) is 0 Å². The van der Waals surface area contributed by atoms with E-state index < -0.39 is 10.1 Å². The number of hydrogen-bond donors (Lipinski definition) is 2. The molecule has 0 amide bonds. The molecule has 0 rings (SSSR count). The number of nitrogens with one attached hydrogen (secondary N) is 1. The molecule has 0 fully saturated rings. The average molecular weight is 313 g/mol. The van der Waals surface area contributed by atoms with E-state index in [9.17, 15) is 8.42 Å². The standard InChI is InChI=1S/C12H27NO3S.2Na.2H/c1-2-3-4-5-6-7-8-9-10-13-11-12-17(14,15)16;;;;/h13H,2-12H2,1H3,(H,14,15,16);;;;/q;2*+1;2*-1. The van der Waals surface area contributed by atoms with Gasteiger partial charge in [-0.1, -0.05) is 51.9 Å². The van der Waals surface area contributed by atoms with E-state index >= 15 is 0 Å². The molecular weight excluding hydrogens is 284 g/mol. The molecule has 0 saturated carbocycles. The van der Waals surface area contributed by atoms with Crippen molar-refractivity contribution in [2.24, 2.45) is 0 Å². The van der Waals surface area contributed by atoms with Crippen LogP contribution in [0.2, 0.25) is 0 Å². The van der Waals surface area contributed by atoms with Gasteiger partial charge in [0.15, 0.2) is 0 Å². The van der Waals surface area contributed by atoms with Gasteiger partial charge in [0.25, 0.3) is 10.1 Å². The minimum atomic E-state index is -3.80. The van der Waals surface area contributed by atoms with Crippen LogP contribution in [0.4, 0.5) is 0 Å². The largest absolute Gasteiger partial charge is 1.00 e. The second kappa shape index (κ2) is 17.9. The maximum atomic E-state index is 10.4. The van der Waals surface area contributed by atoms with Gasteiger partial charge in [-0.25, -0.2) is 0 Å². The Labute approximate surface area is 166 Å². The molecule has 0 aromatic carbocycles. The molecule has 108 valence electrons. The van der Waals surface area contributed by atoms with Crippen molar-refractivity contribution in [1.29, 1.82) is 0 Å². The summed E-state index contributed by atoms with van der Waals surface area (Å²) in [6.07, 6.45) is 10.2. The van der Waals surface area contributed by atoms with Gasteiger partial charge in [0, 0.05) is 6.54 Å². The van der Waals surface area contributed by atoms with Gasteiger partial charge in [-0.2, -0.15) is 8.42 Å². The molecule has 7 heteroatoms.